The van der Waals surface area contributed by atoms with E-state index in [1.165, 1.54) is 15.6 Å². The van der Waals surface area contributed by atoms with Crippen LogP contribution in [0.5, 0.6) is 0 Å². The third-order valence-electron chi connectivity index (χ3n) is 8.64. The van der Waals surface area contributed by atoms with Crippen molar-refractivity contribution in [1.82, 2.24) is 24.0 Å². The predicted molar refractivity (Wildman–Crippen MR) is 159 cm³/mol. The van der Waals surface area contributed by atoms with Gasteiger partial charge in [0.25, 0.3) is 6.43 Å². The van der Waals surface area contributed by atoms with Crippen molar-refractivity contribution >= 4 is 39.7 Å². The van der Waals surface area contributed by atoms with Gasteiger partial charge in [-0.3, -0.25) is 14.5 Å². The first kappa shape index (κ1) is 30.1. The van der Waals surface area contributed by atoms with Gasteiger partial charge in [-0.15, -0.1) is 0 Å². The number of hydrazone groups is 1. The number of piperidine rings is 1. The highest BCUT2D eigenvalue weighted by atomic mass is 32.2. The summed E-state index contributed by atoms with van der Waals surface area (Å²) in [5.41, 5.74) is 4.74. The van der Waals surface area contributed by atoms with Gasteiger partial charge in [0.05, 0.1) is 18.8 Å². The molecule has 42 heavy (non-hydrogen) atoms. The monoisotopic (exact) mass is 603 g/mol. The lowest BCUT2D eigenvalue weighted by molar-refractivity contribution is -0.129. The average molecular weight is 604 g/mol. The first-order valence-electron chi connectivity index (χ1n) is 14.3. The highest BCUT2D eigenvalue weighted by Gasteiger charge is 2.35. The lowest BCUT2D eigenvalue weighted by Gasteiger charge is -2.33. The van der Waals surface area contributed by atoms with Gasteiger partial charge < -0.3 is 9.80 Å². The molecule has 1 saturated heterocycles. The average Bonchev–Trinajstić information content (AvgIpc) is 3.34. The third kappa shape index (κ3) is 5.81. The van der Waals surface area contributed by atoms with E-state index in [2.05, 4.69) is 11.8 Å². The molecule has 1 fully saturated rings. The number of amides is 1. The fourth-order valence-corrected chi connectivity index (χ4v) is 7.29. The van der Waals surface area contributed by atoms with Gasteiger partial charge >= 0.3 is 0 Å². The summed E-state index contributed by atoms with van der Waals surface area (Å²) in [4.78, 5) is 16.2. The van der Waals surface area contributed by atoms with Gasteiger partial charge in [0, 0.05) is 82.0 Å². The zero-order valence-corrected chi connectivity index (χ0v) is 25.5. The summed E-state index contributed by atoms with van der Waals surface area (Å²) in [5, 5.41) is 10.4. The van der Waals surface area contributed by atoms with E-state index in [9.17, 15) is 22.0 Å². The van der Waals surface area contributed by atoms with Crippen LogP contribution in [0, 0.1) is 0 Å². The van der Waals surface area contributed by atoms with Crippen LogP contribution in [0.4, 0.5) is 20.3 Å². The molecule has 0 aliphatic carbocycles. The number of carbonyl (C=O) groups excluding carboxylic acids is 1. The summed E-state index contributed by atoms with van der Waals surface area (Å²) in [6, 6.07) is 3.47. The molecule has 10 nitrogen and oxygen atoms in total. The maximum atomic E-state index is 14.5. The standard InChI is InChI=1S/C29H39F2N7O3S/c1-19(17-34(4)32-3)23-15-21-7-6-11-37(27(21)16-24(23)28(30)31)29-25-18-35(20(2)39)12-10-26(25)38(33-29)22-8-13-36(14-9-22)42(5,40)41/h15-17,22,28H,3,6-14,18H2,1-2,4-5H3/b19-17+. The predicted octanol–water partition coefficient (Wildman–Crippen LogP) is 4.31. The number of carbonyl (C=O) groups is 1. The molecule has 0 spiro atoms. The number of aryl methyl sites for hydroxylation is 1. The minimum atomic E-state index is -3.27. The fourth-order valence-electron chi connectivity index (χ4n) is 6.42. The van der Waals surface area contributed by atoms with Gasteiger partial charge in [-0.05, 0) is 61.4 Å². The Morgan fingerprint density at radius 3 is 2.50 bits per heavy atom. The van der Waals surface area contributed by atoms with E-state index in [1.54, 1.807) is 38.1 Å². The summed E-state index contributed by atoms with van der Waals surface area (Å²) in [6.07, 6.45) is 3.70. The lowest BCUT2D eigenvalue weighted by Crippen LogP contribution is -2.39. The first-order chi connectivity index (χ1) is 19.9. The fraction of sp³-hybridized carbons (Fsp3) is 0.552. The van der Waals surface area contributed by atoms with E-state index < -0.39 is 16.4 Å². The van der Waals surface area contributed by atoms with Crippen molar-refractivity contribution in [2.45, 2.75) is 65.0 Å². The van der Waals surface area contributed by atoms with Crippen LogP contribution >= 0.6 is 0 Å². The second-order valence-corrected chi connectivity index (χ2v) is 13.4. The maximum absolute atomic E-state index is 14.5. The van der Waals surface area contributed by atoms with Crippen LogP contribution in [0.3, 0.4) is 0 Å². The Hall–Kier alpha value is -3.32. The molecule has 1 amide bonds. The number of hydrogen-bond acceptors (Lipinski definition) is 7. The summed E-state index contributed by atoms with van der Waals surface area (Å²) in [6.45, 7) is 9.27. The molecule has 0 unspecified atom stereocenters. The Kier molecular flexibility index (Phi) is 8.44. The highest BCUT2D eigenvalue weighted by Crippen LogP contribution is 2.43. The first-order valence-corrected chi connectivity index (χ1v) is 16.2. The lowest BCUT2D eigenvalue weighted by atomic mass is 9.92. The Bertz CT molecular complexity index is 1510. The summed E-state index contributed by atoms with van der Waals surface area (Å²) >= 11 is 0. The number of fused-ring (bicyclic) bond motifs is 2. The number of sulfonamides is 1. The van der Waals surface area contributed by atoms with Gasteiger partial charge in [0.2, 0.25) is 15.9 Å². The van der Waals surface area contributed by atoms with Crippen LogP contribution in [0.1, 0.15) is 73.5 Å². The highest BCUT2D eigenvalue weighted by molar-refractivity contribution is 7.88. The maximum Gasteiger partial charge on any atom is 0.264 e. The number of allylic oxidation sites excluding steroid dienone is 1. The van der Waals surface area contributed by atoms with Crippen molar-refractivity contribution in [3.63, 3.8) is 0 Å². The number of rotatable bonds is 7. The zero-order chi connectivity index (χ0) is 30.3. The molecule has 2 aromatic rings. The van der Waals surface area contributed by atoms with Crippen molar-refractivity contribution in [2.24, 2.45) is 5.10 Å². The largest absolute Gasteiger partial charge is 0.338 e. The molecule has 0 radical (unpaired) electrons. The summed E-state index contributed by atoms with van der Waals surface area (Å²) in [5.74, 6) is 0.670. The van der Waals surface area contributed by atoms with Crippen LogP contribution in [0.15, 0.2) is 23.4 Å². The Labute approximate surface area is 246 Å². The van der Waals surface area contributed by atoms with Crippen molar-refractivity contribution in [3.05, 3.63) is 46.3 Å². The van der Waals surface area contributed by atoms with Crippen molar-refractivity contribution in [2.75, 3.05) is 44.4 Å². The van der Waals surface area contributed by atoms with Crippen LogP contribution in [0.25, 0.3) is 5.57 Å². The van der Waals surface area contributed by atoms with Crippen LogP contribution in [0.2, 0.25) is 0 Å². The molecule has 1 aromatic heterocycles. The number of hydrogen-bond donors (Lipinski definition) is 0. The van der Waals surface area contributed by atoms with E-state index in [4.69, 9.17) is 5.10 Å². The molecule has 0 N–H and O–H groups in total. The minimum absolute atomic E-state index is 0.0147. The molecule has 5 rings (SSSR count). The van der Waals surface area contributed by atoms with Gasteiger partial charge in [0.15, 0.2) is 5.82 Å². The second kappa shape index (κ2) is 11.8. The van der Waals surface area contributed by atoms with E-state index in [0.717, 1.165) is 29.7 Å². The Balaban J connectivity index is 1.58. The number of nitrogens with zero attached hydrogens (tertiary/aromatic N) is 7. The molecule has 0 bridgehead atoms. The minimum Gasteiger partial charge on any atom is -0.338 e. The topological polar surface area (TPSA) is 94.3 Å². The number of anilines is 2. The quantitative estimate of drug-likeness (QED) is 0.346. The SMILES string of the molecule is C=NN(C)/C=C(\C)c1cc2c(cc1C(F)F)N(c1nn(C3CCN(S(C)(=O)=O)CC3)c3c1CN(C(C)=O)CC3)CCC2. The summed E-state index contributed by atoms with van der Waals surface area (Å²) in [7, 11) is -1.56. The normalized spacial score (nSPS) is 18.7. The number of halogens is 2. The van der Waals surface area contributed by atoms with Gasteiger partial charge in [-0.25, -0.2) is 21.5 Å². The molecule has 1 aromatic carbocycles. The van der Waals surface area contributed by atoms with E-state index in [0.29, 0.717) is 74.6 Å². The van der Waals surface area contributed by atoms with Crippen LogP contribution in [-0.4, -0.2) is 84.5 Å². The molecule has 0 saturated carbocycles. The van der Waals surface area contributed by atoms with E-state index in [1.807, 2.05) is 15.6 Å². The molecule has 3 aliphatic heterocycles. The summed E-state index contributed by atoms with van der Waals surface area (Å²) < 4.78 is 56.7. The molecular weight excluding hydrogens is 564 g/mol. The molecule has 4 heterocycles. The van der Waals surface area contributed by atoms with Gasteiger partial charge in [0.1, 0.15) is 0 Å². The van der Waals surface area contributed by atoms with Crippen molar-refractivity contribution in [1.29, 1.82) is 0 Å². The van der Waals surface area contributed by atoms with Crippen LogP contribution < -0.4 is 4.90 Å². The molecule has 3 aliphatic rings. The second-order valence-electron chi connectivity index (χ2n) is 11.4. The van der Waals surface area contributed by atoms with Crippen molar-refractivity contribution in [3.8, 4) is 0 Å². The number of benzene rings is 1. The van der Waals surface area contributed by atoms with Gasteiger partial charge in [-0.1, -0.05) is 0 Å². The number of aromatic nitrogens is 2. The molecule has 228 valence electrons. The zero-order valence-electron chi connectivity index (χ0n) is 24.7. The third-order valence-corrected chi connectivity index (χ3v) is 9.94. The molecular formula is C29H39F2N7O3S. The smallest absolute Gasteiger partial charge is 0.264 e. The number of alkyl halides is 2. The van der Waals surface area contributed by atoms with Gasteiger partial charge in [-0.2, -0.15) is 10.2 Å². The van der Waals surface area contributed by atoms with E-state index >= 15 is 0 Å². The van der Waals surface area contributed by atoms with Crippen molar-refractivity contribution < 1.29 is 22.0 Å². The van der Waals surface area contributed by atoms with E-state index in [-0.39, 0.29) is 17.5 Å². The Morgan fingerprint density at radius 1 is 1.17 bits per heavy atom. The molecule has 0 atom stereocenters. The Morgan fingerprint density at radius 2 is 1.88 bits per heavy atom. The molecule has 13 heteroatoms. The van der Waals surface area contributed by atoms with Crippen LogP contribution in [-0.2, 0) is 34.2 Å².